The Morgan fingerprint density at radius 2 is 1.89 bits per heavy atom. The van der Waals surface area contributed by atoms with Crippen molar-refractivity contribution in [3.8, 4) is 0 Å². The second-order valence-electron chi connectivity index (χ2n) is 7.62. The van der Waals surface area contributed by atoms with Crippen LogP contribution in [0, 0.1) is 11.8 Å². The van der Waals surface area contributed by atoms with Crippen LogP contribution in [0.1, 0.15) is 20.8 Å². The number of carbonyl (C=O) groups excluding carboxylic acids is 2. The van der Waals surface area contributed by atoms with Crippen LogP contribution in [0.5, 0.6) is 0 Å². The van der Waals surface area contributed by atoms with E-state index in [4.69, 9.17) is 18.8 Å². The highest BCUT2D eigenvalue weighted by Crippen LogP contribution is 2.54. The number of alkyl halides is 2. The highest BCUT2D eigenvalue weighted by Gasteiger charge is 2.71. The van der Waals surface area contributed by atoms with Crippen LogP contribution in [-0.2, 0) is 38.7 Å². The van der Waals surface area contributed by atoms with Crippen LogP contribution in [0.4, 0.5) is 8.78 Å². The summed E-state index contributed by atoms with van der Waals surface area (Å²) in [6.07, 6.45) is -5.64. The van der Waals surface area contributed by atoms with Gasteiger partial charge in [-0.15, -0.1) is 0 Å². The molecule has 0 aromatic heterocycles. The van der Waals surface area contributed by atoms with E-state index < -0.39 is 81.9 Å². The van der Waals surface area contributed by atoms with Gasteiger partial charge in [0.25, 0.3) is 0 Å². The van der Waals surface area contributed by atoms with Crippen molar-refractivity contribution in [2.75, 3.05) is 6.61 Å². The number of hydrogen-bond donors (Lipinski definition) is 2. The lowest BCUT2D eigenvalue weighted by Gasteiger charge is -2.35. The van der Waals surface area contributed by atoms with E-state index in [2.05, 4.69) is 4.74 Å². The van der Waals surface area contributed by atoms with Gasteiger partial charge >= 0.3 is 27.3 Å². The number of carbonyl (C=O) groups is 2. The minimum absolute atomic E-state index is 0.556. The molecule has 0 aromatic carbocycles. The Hall–Kier alpha value is -1.41. The maximum Gasteiger partial charge on any atom is 0.405 e. The van der Waals surface area contributed by atoms with Gasteiger partial charge in [-0.1, -0.05) is 0 Å². The fraction of sp³-hybridized carbons (Fsp3) is 0.867. The molecule has 10 nitrogen and oxygen atoms in total. The predicted octanol–water partition coefficient (Wildman–Crippen LogP) is -0.506. The average Bonchev–Trinajstić information content (AvgIpc) is 3.12. The van der Waals surface area contributed by atoms with Crippen LogP contribution in [-0.4, -0.2) is 78.0 Å². The van der Waals surface area contributed by atoms with Crippen LogP contribution in [0.3, 0.4) is 0 Å². The van der Waals surface area contributed by atoms with Crippen molar-refractivity contribution < 1.29 is 55.4 Å². The summed E-state index contributed by atoms with van der Waals surface area (Å²) in [6.45, 7) is 2.72. The van der Waals surface area contributed by atoms with Crippen LogP contribution in [0.2, 0.25) is 0 Å². The monoisotopic (exact) mass is 430 g/mol. The van der Waals surface area contributed by atoms with Gasteiger partial charge in [0.05, 0.1) is 17.6 Å². The van der Waals surface area contributed by atoms with Gasteiger partial charge in [0.2, 0.25) is 0 Å². The summed E-state index contributed by atoms with van der Waals surface area (Å²) in [6, 6.07) is 0. The van der Waals surface area contributed by atoms with Gasteiger partial charge in [0, 0.05) is 5.92 Å². The van der Waals surface area contributed by atoms with Crippen molar-refractivity contribution in [3.63, 3.8) is 0 Å². The topological polar surface area (TPSA) is 146 Å². The summed E-state index contributed by atoms with van der Waals surface area (Å²) in [5.41, 5.74) is -1.31. The number of rotatable bonds is 7. The molecular formula is C15H20F2O10S. The fourth-order valence-corrected chi connectivity index (χ4v) is 4.50. The summed E-state index contributed by atoms with van der Waals surface area (Å²) >= 11 is 0. The zero-order chi connectivity index (χ0) is 21.2. The van der Waals surface area contributed by atoms with Crippen LogP contribution >= 0.6 is 0 Å². The summed E-state index contributed by atoms with van der Waals surface area (Å²) in [5.74, 6) is -3.21. The fourth-order valence-electron chi connectivity index (χ4n) is 4.03. The first-order valence-corrected chi connectivity index (χ1v) is 9.84. The summed E-state index contributed by atoms with van der Waals surface area (Å²) < 4.78 is 77.3. The van der Waals surface area contributed by atoms with E-state index in [1.807, 2.05) is 0 Å². The second-order valence-corrected chi connectivity index (χ2v) is 9.11. The number of aliphatic hydroxyl groups is 1. The van der Waals surface area contributed by atoms with E-state index in [9.17, 15) is 31.9 Å². The molecule has 13 heteroatoms. The Morgan fingerprint density at radius 1 is 1.29 bits per heavy atom. The van der Waals surface area contributed by atoms with Crippen molar-refractivity contribution in [1.29, 1.82) is 0 Å². The molecule has 3 rings (SSSR count). The average molecular weight is 430 g/mol. The lowest BCUT2D eigenvalue weighted by molar-refractivity contribution is -0.170. The van der Waals surface area contributed by atoms with E-state index in [0.29, 0.717) is 6.92 Å². The number of hydrogen-bond acceptors (Lipinski definition) is 9. The summed E-state index contributed by atoms with van der Waals surface area (Å²) in [5, 5.41) is 5.66. The minimum atomic E-state index is -5.78. The first-order valence-electron chi connectivity index (χ1n) is 8.40. The van der Waals surface area contributed by atoms with Crippen molar-refractivity contribution in [2.45, 2.75) is 62.1 Å². The van der Waals surface area contributed by atoms with Crippen LogP contribution in [0.25, 0.3) is 0 Å². The number of halogens is 2. The van der Waals surface area contributed by atoms with E-state index in [1.165, 1.54) is 13.8 Å². The SMILES string of the molecule is CC(OC(=O)COC1C2OC(=O)C3C2OC1C3C(C)(C)O)C(F)(F)S(=O)(=O)O. The Balaban J connectivity index is 1.64. The molecule has 0 amide bonds. The Bertz CT molecular complexity index is 776. The third kappa shape index (κ3) is 3.28. The lowest BCUT2D eigenvalue weighted by Crippen LogP contribution is -2.52. The van der Waals surface area contributed by atoms with Crippen molar-refractivity contribution >= 4 is 22.1 Å². The minimum Gasteiger partial charge on any atom is -0.456 e. The molecule has 28 heavy (non-hydrogen) atoms. The highest BCUT2D eigenvalue weighted by atomic mass is 32.2. The molecule has 7 atom stereocenters. The van der Waals surface area contributed by atoms with Gasteiger partial charge in [-0.25, -0.2) is 4.79 Å². The smallest absolute Gasteiger partial charge is 0.405 e. The third-order valence-electron chi connectivity index (χ3n) is 5.24. The molecule has 3 saturated heterocycles. The molecule has 7 unspecified atom stereocenters. The molecular weight excluding hydrogens is 410 g/mol. The number of ether oxygens (including phenoxy) is 4. The quantitative estimate of drug-likeness (QED) is 0.400. The molecule has 0 radical (unpaired) electrons. The molecule has 3 fully saturated rings. The van der Waals surface area contributed by atoms with Crippen molar-refractivity contribution in [2.24, 2.45) is 11.8 Å². The van der Waals surface area contributed by atoms with Crippen molar-refractivity contribution in [1.82, 2.24) is 0 Å². The Morgan fingerprint density at radius 3 is 2.43 bits per heavy atom. The van der Waals surface area contributed by atoms with Crippen molar-refractivity contribution in [3.05, 3.63) is 0 Å². The molecule has 3 aliphatic rings. The number of fused-ring (bicyclic) bond motifs is 1. The lowest BCUT2D eigenvalue weighted by atomic mass is 9.71. The summed E-state index contributed by atoms with van der Waals surface area (Å²) in [7, 11) is -5.78. The van der Waals surface area contributed by atoms with Gasteiger partial charge in [-0.05, 0) is 20.8 Å². The zero-order valence-corrected chi connectivity index (χ0v) is 15.9. The maximum atomic E-state index is 13.4. The van der Waals surface area contributed by atoms with Gasteiger partial charge in [-0.3, -0.25) is 9.35 Å². The maximum absolute atomic E-state index is 13.4. The standard InChI is InChI=1S/C15H20F2O10S/c1-5(15(16,17)28(21,22)23)25-6(18)4-24-11-10-8(14(2,3)20)7-9(26-10)12(11)27-13(7)19/h5,7-12,20H,4H2,1-3H3,(H,21,22,23). The molecule has 0 saturated carbocycles. The molecule has 3 aliphatic heterocycles. The number of esters is 2. The highest BCUT2D eigenvalue weighted by molar-refractivity contribution is 7.86. The Kier molecular flexibility index (Phi) is 4.99. The molecule has 0 spiro atoms. The van der Waals surface area contributed by atoms with E-state index in [1.54, 1.807) is 0 Å². The second kappa shape index (κ2) is 6.55. The summed E-state index contributed by atoms with van der Waals surface area (Å²) in [4.78, 5) is 23.8. The Labute approximate surface area is 158 Å². The van der Waals surface area contributed by atoms with E-state index in [-0.39, 0.29) is 0 Å². The molecule has 3 heterocycles. The zero-order valence-electron chi connectivity index (χ0n) is 15.1. The molecule has 2 bridgehead atoms. The first kappa shape index (κ1) is 21.3. The molecule has 160 valence electrons. The predicted molar refractivity (Wildman–Crippen MR) is 83.6 cm³/mol. The molecule has 0 aromatic rings. The molecule has 2 N–H and O–H groups in total. The van der Waals surface area contributed by atoms with Gasteiger partial charge in [0.1, 0.15) is 18.8 Å². The van der Waals surface area contributed by atoms with Gasteiger partial charge in [0.15, 0.2) is 12.2 Å². The van der Waals surface area contributed by atoms with Crippen LogP contribution < -0.4 is 0 Å². The molecule has 0 aliphatic carbocycles. The van der Waals surface area contributed by atoms with Gasteiger partial charge in [-0.2, -0.15) is 17.2 Å². The third-order valence-corrected chi connectivity index (χ3v) is 6.26. The largest absolute Gasteiger partial charge is 0.456 e. The first-order chi connectivity index (χ1) is 12.7. The van der Waals surface area contributed by atoms with E-state index >= 15 is 0 Å². The van der Waals surface area contributed by atoms with E-state index in [0.717, 1.165) is 0 Å². The normalized spacial score (nSPS) is 35.8. The van der Waals surface area contributed by atoms with Crippen LogP contribution in [0.15, 0.2) is 0 Å². The van der Waals surface area contributed by atoms with Gasteiger partial charge < -0.3 is 24.1 Å².